The molecule has 0 heterocycles. The average molecular weight is 459 g/mol. The molecule has 2 rings (SSSR count). The van der Waals surface area contributed by atoms with E-state index in [1.165, 1.54) is 5.56 Å². The number of carbonyl (C=O) groups excluding carboxylic acids is 2. The summed E-state index contributed by atoms with van der Waals surface area (Å²) in [5.74, 6) is 0.178. The first-order chi connectivity index (χ1) is 15.0. The lowest BCUT2D eigenvalue weighted by Gasteiger charge is -2.29. The molecule has 0 saturated carbocycles. The van der Waals surface area contributed by atoms with Crippen LogP contribution in [0.2, 0.25) is 5.02 Å². The number of ether oxygens (including phenoxy) is 1. The molecule has 0 aliphatic heterocycles. The molecule has 0 aliphatic carbocycles. The summed E-state index contributed by atoms with van der Waals surface area (Å²) in [6.07, 6.45) is 0.817. The minimum absolute atomic E-state index is 0.0371. The molecular weight excluding hydrogens is 424 g/mol. The maximum absolute atomic E-state index is 13.1. The van der Waals surface area contributed by atoms with Crippen molar-refractivity contribution in [3.05, 3.63) is 64.7 Å². The highest BCUT2D eigenvalue weighted by Crippen LogP contribution is 2.24. The third-order valence-electron chi connectivity index (χ3n) is 5.52. The number of nitrogens with one attached hydrogen (secondary N) is 1. The van der Waals surface area contributed by atoms with E-state index in [2.05, 4.69) is 26.1 Å². The fourth-order valence-corrected chi connectivity index (χ4v) is 3.24. The highest BCUT2D eigenvalue weighted by molar-refractivity contribution is 6.30. The molecule has 0 saturated heterocycles. The number of hydrogen-bond donors (Lipinski definition) is 1. The molecule has 32 heavy (non-hydrogen) atoms. The second-order valence-corrected chi connectivity index (χ2v) is 9.64. The lowest BCUT2D eigenvalue weighted by molar-refractivity contribution is -0.142. The van der Waals surface area contributed by atoms with Gasteiger partial charge in [0.15, 0.2) is 6.61 Å². The molecule has 5 nitrogen and oxygen atoms in total. The van der Waals surface area contributed by atoms with Crippen LogP contribution in [0, 0.1) is 0 Å². The van der Waals surface area contributed by atoms with Crippen molar-refractivity contribution in [3.63, 3.8) is 0 Å². The molecule has 0 radical (unpaired) electrons. The van der Waals surface area contributed by atoms with Crippen LogP contribution in [0.3, 0.4) is 0 Å². The fraction of sp³-hybridized carbons (Fsp3) is 0.462. The van der Waals surface area contributed by atoms with Gasteiger partial charge in [-0.1, -0.05) is 63.6 Å². The van der Waals surface area contributed by atoms with Crippen molar-refractivity contribution < 1.29 is 14.3 Å². The normalized spacial score (nSPS) is 13.2. The van der Waals surface area contributed by atoms with Gasteiger partial charge in [-0.3, -0.25) is 9.59 Å². The van der Waals surface area contributed by atoms with Crippen molar-refractivity contribution in [3.8, 4) is 5.75 Å². The highest BCUT2D eigenvalue weighted by atomic mass is 35.5. The molecule has 2 amide bonds. The molecule has 0 spiro atoms. The minimum Gasteiger partial charge on any atom is -0.484 e. The van der Waals surface area contributed by atoms with Gasteiger partial charge in [-0.25, -0.2) is 0 Å². The molecular formula is C26H35ClN2O3. The summed E-state index contributed by atoms with van der Waals surface area (Å²) in [4.78, 5) is 27.4. The van der Waals surface area contributed by atoms with Gasteiger partial charge in [-0.2, -0.15) is 0 Å². The number of hydrogen-bond acceptors (Lipinski definition) is 3. The fourth-order valence-electron chi connectivity index (χ4n) is 3.11. The van der Waals surface area contributed by atoms with Gasteiger partial charge in [0.25, 0.3) is 5.91 Å². The third-order valence-corrected chi connectivity index (χ3v) is 5.77. The van der Waals surface area contributed by atoms with E-state index in [1.54, 1.807) is 24.0 Å². The SMILES string of the molecule is CC[C@@H](C)NC(=O)[C@H](C)N(Cc1ccc(Cl)cc1)C(=O)COc1ccc(C(C)(C)C)cc1. The maximum atomic E-state index is 13.1. The Labute approximate surface area is 197 Å². The van der Waals surface area contributed by atoms with Gasteiger partial charge < -0.3 is 15.0 Å². The molecule has 2 aromatic carbocycles. The molecule has 0 aromatic heterocycles. The van der Waals surface area contributed by atoms with Crippen LogP contribution in [-0.2, 0) is 21.5 Å². The minimum atomic E-state index is -0.640. The standard InChI is InChI=1S/C26H35ClN2O3/c1-7-18(2)28-25(31)19(3)29(16-20-8-12-22(27)13-9-20)24(30)17-32-23-14-10-21(11-15-23)26(4,5)6/h8-15,18-19H,7,16-17H2,1-6H3,(H,28,31)/t18-,19+/m1/s1. The number of nitrogens with zero attached hydrogens (tertiary/aromatic N) is 1. The smallest absolute Gasteiger partial charge is 0.261 e. The van der Waals surface area contributed by atoms with Crippen LogP contribution < -0.4 is 10.1 Å². The van der Waals surface area contributed by atoms with Gasteiger partial charge in [-0.15, -0.1) is 0 Å². The van der Waals surface area contributed by atoms with Gasteiger partial charge in [0, 0.05) is 17.6 Å². The van der Waals surface area contributed by atoms with Gasteiger partial charge >= 0.3 is 0 Å². The Kier molecular flexibility index (Phi) is 9.14. The van der Waals surface area contributed by atoms with Crippen LogP contribution in [0.5, 0.6) is 5.75 Å². The summed E-state index contributed by atoms with van der Waals surface area (Å²) in [6.45, 7) is 12.3. The molecule has 1 N–H and O–H groups in total. The summed E-state index contributed by atoms with van der Waals surface area (Å²) in [6, 6.07) is 14.4. The summed E-state index contributed by atoms with van der Waals surface area (Å²) in [5, 5.41) is 3.58. The Morgan fingerprint density at radius 3 is 2.16 bits per heavy atom. The van der Waals surface area contributed by atoms with E-state index >= 15 is 0 Å². The summed E-state index contributed by atoms with van der Waals surface area (Å²) >= 11 is 5.99. The number of benzene rings is 2. The Hall–Kier alpha value is -2.53. The van der Waals surface area contributed by atoms with Crippen LogP contribution in [-0.4, -0.2) is 35.4 Å². The molecule has 0 unspecified atom stereocenters. The number of amides is 2. The van der Waals surface area contributed by atoms with Crippen LogP contribution in [0.15, 0.2) is 48.5 Å². The first kappa shape index (κ1) is 25.7. The van der Waals surface area contributed by atoms with E-state index < -0.39 is 6.04 Å². The van der Waals surface area contributed by atoms with Crippen molar-refractivity contribution >= 4 is 23.4 Å². The maximum Gasteiger partial charge on any atom is 0.261 e. The molecule has 174 valence electrons. The monoisotopic (exact) mass is 458 g/mol. The largest absolute Gasteiger partial charge is 0.484 e. The summed E-state index contributed by atoms with van der Waals surface area (Å²) < 4.78 is 5.76. The quantitative estimate of drug-likeness (QED) is 0.551. The second-order valence-electron chi connectivity index (χ2n) is 9.21. The zero-order valence-electron chi connectivity index (χ0n) is 19.9. The van der Waals surface area contributed by atoms with Gasteiger partial charge in [0.05, 0.1) is 0 Å². The van der Waals surface area contributed by atoms with Gasteiger partial charge in [0.2, 0.25) is 5.91 Å². The zero-order chi connectivity index (χ0) is 23.9. The van der Waals surface area contributed by atoms with Crippen LogP contribution >= 0.6 is 11.6 Å². The summed E-state index contributed by atoms with van der Waals surface area (Å²) in [5.41, 5.74) is 2.12. The molecule has 0 bridgehead atoms. The molecule has 0 aliphatic rings. The first-order valence-electron chi connectivity index (χ1n) is 11.1. The number of rotatable bonds is 9. The van der Waals surface area contributed by atoms with E-state index in [0.717, 1.165) is 12.0 Å². The Morgan fingerprint density at radius 2 is 1.62 bits per heavy atom. The topological polar surface area (TPSA) is 58.6 Å². The van der Waals surface area contributed by atoms with Crippen molar-refractivity contribution in [2.75, 3.05) is 6.61 Å². The number of carbonyl (C=O) groups is 2. The second kappa shape index (κ2) is 11.4. The van der Waals surface area contributed by atoms with E-state index in [0.29, 0.717) is 10.8 Å². The van der Waals surface area contributed by atoms with E-state index in [4.69, 9.17) is 16.3 Å². The van der Waals surface area contributed by atoms with Crippen molar-refractivity contribution in [1.82, 2.24) is 10.2 Å². The van der Waals surface area contributed by atoms with Crippen molar-refractivity contribution in [1.29, 1.82) is 0 Å². The van der Waals surface area contributed by atoms with Gasteiger partial charge in [0.1, 0.15) is 11.8 Å². The highest BCUT2D eigenvalue weighted by Gasteiger charge is 2.27. The molecule has 0 fully saturated rings. The zero-order valence-corrected chi connectivity index (χ0v) is 20.7. The predicted molar refractivity (Wildman–Crippen MR) is 130 cm³/mol. The lowest BCUT2D eigenvalue weighted by atomic mass is 9.87. The molecule has 2 aromatic rings. The Bertz CT molecular complexity index is 889. The van der Waals surface area contributed by atoms with Crippen LogP contribution in [0.1, 0.15) is 59.1 Å². The van der Waals surface area contributed by atoms with Crippen molar-refractivity contribution in [2.45, 2.75) is 72.0 Å². The molecule has 2 atom stereocenters. The van der Waals surface area contributed by atoms with E-state index in [9.17, 15) is 9.59 Å². The van der Waals surface area contributed by atoms with E-state index in [1.807, 2.05) is 50.2 Å². The Balaban J connectivity index is 2.13. The lowest BCUT2D eigenvalue weighted by Crippen LogP contribution is -2.50. The van der Waals surface area contributed by atoms with Crippen LogP contribution in [0.4, 0.5) is 0 Å². The van der Waals surface area contributed by atoms with E-state index in [-0.39, 0.29) is 36.4 Å². The Morgan fingerprint density at radius 1 is 1.03 bits per heavy atom. The molecule has 6 heteroatoms. The third kappa shape index (κ3) is 7.56. The summed E-state index contributed by atoms with van der Waals surface area (Å²) in [7, 11) is 0. The van der Waals surface area contributed by atoms with Crippen LogP contribution in [0.25, 0.3) is 0 Å². The average Bonchev–Trinajstić information content (AvgIpc) is 2.76. The predicted octanol–water partition coefficient (Wildman–Crippen LogP) is 5.35. The van der Waals surface area contributed by atoms with Crippen molar-refractivity contribution in [2.24, 2.45) is 0 Å². The van der Waals surface area contributed by atoms with Gasteiger partial charge in [-0.05, 0) is 61.1 Å². The first-order valence-corrected chi connectivity index (χ1v) is 11.5. The number of halogens is 1.